The van der Waals surface area contributed by atoms with Gasteiger partial charge in [-0.1, -0.05) is 40.5 Å². The van der Waals surface area contributed by atoms with Crippen molar-refractivity contribution in [2.75, 3.05) is 0 Å². The molecule has 0 amide bonds. The molecule has 0 aliphatic heterocycles. The normalized spacial score (nSPS) is 11.8. The zero-order valence-corrected chi connectivity index (χ0v) is 19.4. The van der Waals surface area contributed by atoms with Crippen LogP contribution in [0.1, 0.15) is 27.4 Å². The Bertz CT molecular complexity index is 1610. The van der Waals surface area contributed by atoms with Crippen molar-refractivity contribution in [2.45, 2.75) is 12.7 Å². The molecule has 36 heavy (non-hydrogen) atoms. The molecule has 3 heterocycles. The summed E-state index contributed by atoms with van der Waals surface area (Å²) in [7, 11) is 0. The number of nitrogens with zero attached hydrogens (tertiary/aromatic N) is 4. The molecule has 5 aromatic rings. The molecule has 0 radical (unpaired) electrons. The summed E-state index contributed by atoms with van der Waals surface area (Å²) in [6.07, 6.45) is -3.51. The Hall–Kier alpha value is -3.89. The fraction of sp³-hybridized carbons (Fsp3) is 0.0833. The predicted molar refractivity (Wildman–Crippen MR) is 125 cm³/mol. The van der Waals surface area contributed by atoms with Crippen LogP contribution in [-0.2, 0) is 12.7 Å². The second-order valence-corrected chi connectivity index (χ2v) is 8.56. The Kier molecular flexibility index (Phi) is 5.93. The fourth-order valence-corrected chi connectivity index (χ4v) is 4.34. The molecule has 0 atom stereocenters. The van der Waals surface area contributed by atoms with E-state index in [4.69, 9.17) is 27.7 Å². The average Bonchev–Trinajstić information content (AvgIpc) is 3.44. The van der Waals surface area contributed by atoms with Crippen molar-refractivity contribution in [3.05, 3.63) is 93.5 Å². The molecular formula is C24H13Cl2F3N4O3. The van der Waals surface area contributed by atoms with Crippen LogP contribution in [0.3, 0.4) is 0 Å². The molecule has 0 fully saturated rings. The van der Waals surface area contributed by atoms with Crippen LogP contribution in [0.15, 0.2) is 65.3 Å². The lowest BCUT2D eigenvalue weighted by Gasteiger charge is -2.15. The number of phenols is 1. The van der Waals surface area contributed by atoms with Gasteiger partial charge in [0.05, 0.1) is 5.56 Å². The van der Waals surface area contributed by atoms with Crippen molar-refractivity contribution in [3.8, 4) is 17.3 Å². The molecule has 0 saturated carbocycles. The summed E-state index contributed by atoms with van der Waals surface area (Å²) in [4.78, 5) is 21.4. The molecule has 5 rings (SSSR count). The van der Waals surface area contributed by atoms with Crippen LogP contribution in [0.5, 0.6) is 5.75 Å². The van der Waals surface area contributed by atoms with Crippen molar-refractivity contribution in [1.29, 1.82) is 0 Å². The molecule has 0 unspecified atom stereocenters. The van der Waals surface area contributed by atoms with E-state index in [1.54, 1.807) is 18.2 Å². The predicted octanol–water partition coefficient (Wildman–Crippen LogP) is 6.40. The summed E-state index contributed by atoms with van der Waals surface area (Å²) in [5, 5.41) is 14.0. The maximum atomic E-state index is 14.5. The molecule has 0 bridgehead atoms. The number of benzene rings is 2. The van der Waals surface area contributed by atoms with Gasteiger partial charge in [-0.05, 0) is 48.0 Å². The molecule has 7 nitrogen and oxygen atoms in total. The number of carbonyl (C=O) groups is 1. The van der Waals surface area contributed by atoms with Crippen molar-refractivity contribution < 1.29 is 27.6 Å². The van der Waals surface area contributed by atoms with Gasteiger partial charge in [-0.2, -0.15) is 18.2 Å². The Morgan fingerprint density at radius 3 is 2.58 bits per heavy atom. The van der Waals surface area contributed by atoms with Crippen LogP contribution in [0.4, 0.5) is 13.2 Å². The summed E-state index contributed by atoms with van der Waals surface area (Å²) < 4.78 is 49.5. The highest BCUT2D eigenvalue weighted by Crippen LogP contribution is 2.41. The van der Waals surface area contributed by atoms with Gasteiger partial charge in [-0.15, -0.1) is 0 Å². The van der Waals surface area contributed by atoms with Gasteiger partial charge in [0.15, 0.2) is 0 Å². The van der Waals surface area contributed by atoms with Crippen LogP contribution >= 0.6 is 23.2 Å². The zero-order chi connectivity index (χ0) is 25.6. The molecule has 0 saturated heterocycles. The minimum atomic E-state index is -4.97. The lowest BCUT2D eigenvalue weighted by atomic mass is 10.1. The van der Waals surface area contributed by atoms with Crippen LogP contribution < -0.4 is 0 Å². The summed E-state index contributed by atoms with van der Waals surface area (Å²) >= 11 is 12.1. The van der Waals surface area contributed by atoms with Gasteiger partial charge in [0.1, 0.15) is 17.1 Å². The Morgan fingerprint density at radius 2 is 1.89 bits per heavy atom. The minimum absolute atomic E-state index is 0.0444. The molecule has 0 spiro atoms. The van der Waals surface area contributed by atoms with Gasteiger partial charge in [-0.3, -0.25) is 9.78 Å². The molecule has 1 N–H and O–H groups in total. The quantitative estimate of drug-likeness (QED) is 0.263. The van der Waals surface area contributed by atoms with Crippen LogP contribution in [0, 0.1) is 0 Å². The van der Waals surface area contributed by atoms with Crippen molar-refractivity contribution in [3.63, 3.8) is 0 Å². The highest BCUT2D eigenvalue weighted by atomic mass is 35.5. The molecule has 2 aromatic carbocycles. The summed E-state index contributed by atoms with van der Waals surface area (Å²) in [6.45, 7) is -0.329. The monoisotopic (exact) mass is 532 g/mol. The Labute approximate surface area is 210 Å². The van der Waals surface area contributed by atoms with E-state index in [2.05, 4.69) is 15.1 Å². The molecule has 0 aliphatic rings. The minimum Gasteiger partial charge on any atom is -0.508 e. The summed E-state index contributed by atoms with van der Waals surface area (Å²) in [5.74, 6) is -2.18. The Morgan fingerprint density at radius 1 is 1.08 bits per heavy atom. The van der Waals surface area contributed by atoms with E-state index in [1.807, 2.05) is 0 Å². The fourth-order valence-electron chi connectivity index (χ4n) is 3.87. The third-order valence-corrected chi connectivity index (χ3v) is 5.99. The summed E-state index contributed by atoms with van der Waals surface area (Å²) in [6, 6.07) is 12.8. The van der Waals surface area contributed by atoms with Gasteiger partial charge in [0, 0.05) is 33.7 Å². The first-order valence-electron chi connectivity index (χ1n) is 10.3. The molecular weight excluding hydrogens is 520 g/mol. The number of hydrogen-bond acceptors (Lipinski definition) is 6. The maximum absolute atomic E-state index is 14.5. The number of hydrogen-bond donors (Lipinski definition) is 1. The SMILES string of the molecule is O=C(c1noc(-c2ccccn2)n1)c1c(C(F)(F)F)n(Cc2ccc(Cl)cc2Cl)c2ccc(O)cc12. The number of pyridine rings is 1. The number of rotatable bonds is 5. The van der Waals surface area contributed by atoms with Gasteiger partial charge >= 0.3 is 6.18 Å². The standard InChI is InChI=1S/C24H13Cl2F3N4O3/c25-13-5-4-12(16(26)9-13)11-33-18-7-6-14(34)10-15(18)19(21(33)24(27,28)29)20(35)22-31-23(36-32-22)17-3-1-2-8-30-17/h1-10,34H,11H2. The first-order valence-corrected chi connectivity index (χ1v) is 11.0. The number of aromatic hydroxyl groups is 1. The Balaban J connectivity index is 1.71. The number of aromatic nitrogens is 4. The van der Waals surface area contributed by atoms with E-state index in [9.17, 15) is 23.1 Å². The third-order valence-electron chi connectivity index (χ3n) is 5.40. The topological polar surface area (TPSA) is 94.0 Å². The van der Waals surface area contributed by atoms with Crippen molar-refractivity contribution >= 4 is 39.9 Å². The second-order valence-electron chi connectivity index (χ2n) is 7.71. The molecule has 182 valence electrons. The average molecular weight is 533 g/mol. The number of alkyl halides is 3. The number of ketones is 1. The number of halogens is 5. The van der Waals surface area contributed by atoms with Crippen LogP contribution in [0.25, 0.3) is 22.5 Å². The molecule has 3 aromatic heterocycles. The van der Waals surface area contributed by atoms with Gasteiger partial charge < -0.3 is 14.2 Å². The van der Waals surface area contributed by atoms with Crippen molar-refractivity contribution in [2.24, 2.45) is 0 Å². The van der Waals surface area contributed by atoms with Crippen LogP contribution in [0.2, 0.25) is 10.0 Å². The van der Waals surface area contributed by atoms with E-state index in [0.29, 0.717) is 10.6 Å². The van der Waals surface area contributed by atoms with Gasteiger partial charge in [-0.25, -0.2) is 0 Å². The zero-order valence-electron chi connectivity index (χ0n) is 17.9. The number of carbonyl (C=O) groups excluding carboxylic acids is 1. The largest absolute Gasteiger partial charge is 0.508 e. The third kappa shape index (κ3) is 4.29. The second kappa shape index (κ2) is 8.96. The van der Waals surface area contributed by atoms with E-state index in [0.717, 1.165) is 10.6 Å². The smallest absolute Gasteiger partial charge is 0.432 e. The first-order chi connectivity index (χ1) is 17.1. The van der Waals surface area contributed by atoms with E-state index in [-0.39, 0.29) is 39.8 Å². The van der Waals surface area contributed by atoms with Crippen LogP contribution in [-0.4, -0.2) is 30.6 Å². The maximum Gasteiger partial charge on any atom is 0.432 e. The van der Waals surface area contributed by atoms with E-state index < -0.39 is 29.0 Å². The molecule has 0 aliphatic carbocycles. The number of fused-ring (bicyclic) bond motifs is 1. The lowest BCUT2D eigenvalue weighted by molar-refractivity contribution is -0.143. The van der Waals surface area contributed by atoms with Crippen molar-refractivity contribution in [1.82, 2.24) is 19.7 Å². The molecule has 12 heteroatoms. The lowest BCUT2D eigenvalue weighted by Crippen LogP contribution is -2.19. The first kappa shape index (κ1) is 23.8. The highest BCUT2D eigenvalue weighted by Gasteiger charge is 2.42. The van der Waals surface area contributed by atoms with E-state index in [1.165, 1.54) is 36.5 Å². The summed E-state index contributed by atoms with van der Waals surface area (Å²) in [5.41, 5.74) is -1.34. The van der Waals surface area contributed by atoms with Gasteiger partial charge in [0.25, 0.3) is 5.89 Å². The van der Waals surface area contributed by atoms with Gasteiger partial charge in [0.2, 0.25) is 11.6 Å². The highest BCUT2D eigenvalue weighted by molar-refractivity contribution is 6.35. The van der Waals surface area contributed by atoms with E-state index >= 15 is 0 Å². The number of phenolic OH excluding ortho intramolecular Hbond substituents is 1.